The molecule has 0 aliphatic heterocycles. The van der Waals surface area contributed by atoms with E-state index in [1.54, 1.807) is 36.4 Å². The molecule has 0 spiro atoms. The topological polar surface area (TPSA) is 69.7 Å². The van der Waals surface area contributed by atoms with Crippen molar-refractivity contribution in [2.24, 2.45) is 0 Å². The molecule has 156 valence electrons. The predicted octanol–water partition coefficient (Wildman–Crippen LogP) is 5.97. The molecule has 4 rings (SSSR count). The van der Waals surface area contributed by atoms with Crippen LogP contribution in [0.2, 0.25) is 0 Å². The van der Waals surface area contributed by atoms with Crippen molar-refractivity contribution in [2.75, 3.05) is 0 Å². The molecule has 0 bridgehead atoms. The molecule has 0 aliphatic rings. The zero-order chi connectivity index (χ0) is 22.0. The van der Waals surface area contributed by atoms with Crippen molar-refractivity contribution in [3.05, 3.63) is 94.5 Å². The fraction of sp³-hybridized carbons (Fsp3) is 0.154. The van der Waals surface area contributed by atoms with Gasteiger partial charge in [0.15, 0.2) is 5.76 Å². The number of benzene rings is 2. The summed E-state index contributed by atoms with van der Waals surface area (Å²) in [6, 6.07) is 18.0. The van der Waals surface area contributed by atoms with Crippen LogP contribution in [-0.4, -0.2) is 5.97 Å². The molecule has 0 radical (unpaired) electrons. The maximum atomic E-state index is 13.1. The van der Waals surface area contributed by atoms with Crippen LogP contribution in [0.3, 0.4) is 0 Å². The van der Waals surface area contributed by atoms with Crippen molar-refractivity contribution in [1.29, 1.82) is 0 Å². The Morgan fingerprint density at radius 3 is 2.39 bits per heavy atom. The molecule has 0 N–H and O–H groups in total. The second-order valence-corrected chi connectivity index (χ2v) is 8.18. The molecule has 31 heavy (non-hydrogen) atoms. The van der Waals surface area contributed by atoms with Gasteiger partial charge in [-0.05, 0) is 41.3 Å². The van der Waals surface area contributed by atoms with Crippen LogP contribution in [0.25, 0.3) is 28.4 Å². The lowest BCUT2D eigenvalue weighted by molar-refractivity contribution is -0.129. The highest BCUT2D eigenvalue weighted by Crippen LogP contribution is 2.32. The summed E-state index contributed by atoms with van der Waals surface area (Å²) in [5.74, 6) is -0.132. The fourth-order valence-electron chi connectivity index (χ4n) is 3.20. The van der Waals surface area contributed by atoms with Crippen LogP contribution in [0, 0.1) is 0 Å². The molecule has 0 aliphatic carbocycles. The van der Waals surface area contributed by atoms with Gasteiger partial charge in [0.05, 0.1) is 11.6 Å². The number of fused-ring (bicyclic) bond motifs is 1. The van der Waals surface area contributed by atoms with Gasteiger partial charge < -0.3 is 13.6 Å². The van der Waals surface area contributed by atoms with E-state index in [9.17, 15) is 9.59 Å². The zero-order valence-corrected chi connectivity index (χ0v) is 17.5. The first-order chi connectivity index (χ1) is 14.8. The minimum Gasteiger partial charge on any atom is -0.465 e. The van der Waals surface area contributed by atoms with Crippen molar-refractivity contribution in [3.8, 4) is 17.1 Å². The van der Waals surface area contributed by atoms with Crippen molar-refractivity contribution >= 4 is 23.0 Å². The second kappa shape index (κ2) is 8.11. The van der Waals surface area contributed by atoms with Crippen LogP contribution in [0.5, 0.6) is 5.75 Å². The lowest BCUT2D eigenvalue weighted by atomic mass is 9.86. The predicted molar refractivity (Wildman–Crippen MR) is 120 cm³/mol. The number of para-hydroxylation sites is 1. The summed E-state index contributed by atoms with van der Waals surface area (Å²) in [5.41, 5.74) is 1.78. The molecule has 0 fully saturated rings. The number of esters is 1. The smallest absolute Gasteiger partial charge is 0.336 e. The Morgan fingerprint density at radius 1 is 0.968 bits per heavy atom. The van der Waals surface area contributed by atoms with E-state index < -0.39 is 11.4 Å². The molecule has 0 saturated carbocycles. The summed E-state index contributed by atoms with van der Waals surface area (Å²) in [6.45, 7) is 6.37. The van der Waals surface area contributed by atoms with E-state index >= 15 is 0 Å². The van der Waals surface area contributed by atoms with Gasteiger partial charge in [0.25, 0.3) is 0 Å². The van der Waals surface area contributed by atoms with Crippen LogP contribution in [-0.2, 0) is 10.2 Å². The Balaban J connectivity index is 1.78. The molecule has 4 aromatic rings. The Labute approximate surface area is 179 Å². The first kappa shape index (κ1) is 20.4. The molecule has 2 aromatic carbocycles. The molecule has 0 saturated heterocycles. The highest BCUT2D eigenvalue weighted by Gasteiger charge is 2.21. The number of hydrogen-bond donors (Lipinski definition) is 0. The normalized spacial score (nSPS) is 11.8. The van der Waals surface area contributed by atoms with Gasteiger partial charge in [-0.25, -0.2) is 4.79 Å². The van der Waals surface area contributed by atoms with Crippen molar-refractivity contribution in [3.63, 3.8) is 0 Å². The first-order valence-electron chi connectivity index (χ1n) is 9.93. The van der Waals surface area contributed by atoms with Crippen molar-refractivity contribution in [1.82, 2.24) is 0 Å². The third-order valence-corrected chi connectivity index (χ3v) is 4.90. The maximum Gasteiger partial charge on any atom is 0.336 e. The third-order valence-electron chi connectivity index (χ3n) is 4.90. The summed E-state index contributed by atoms with van der Waals surface area (Å²) in [7, 11) is 0. The maximum absolute atomic E-state index is 13.1. The summed E-state index contributed by atoms with van der Waals surface area (Å²) in [4.78, 5) is 25.6. The van der Waals surface area contributed by atoms with Crippen molar-refractivity contribution in [2.45, 2.75) is 26.2 Å². The van der Waals surface area contributed by atoms with Crippen molar-refractivity contribution < 1.29 is 18.4 Å². The molecule has 0 amide bonds. The van der Waals surface area contributed by atoms with Gasteiger partial charge >= 0.3 is 5.97 Å². The lowest BCUT2D eigenvalue weighted by Crippen LogP contribution is -2.14. The number of furan rings is 1. The zero-order valence-electron chi connectivity index (χ0n) is 17.5. The highest BCUT2D eigenvalue weighted by atomic mass is 16.5. The molecule has 2 heterocycles. The molecule has 2 aromatic heterocycles. The van der Waals surface area contributed by atoms with Gasteiger partial charge in [-0.2, -0.15) is 0 Å². The van der Waals surface area contributed by atoms with Gasteiger partial charge in [-0.1, -0.05) is 57.2 Å². The monoisotopic (exact) mass is 414 g/mol. The molecule has 0 atom stereocenters. The average Bonchev–Trinajstić information content (AvgIpc) is 3.27. The quantitative estimate of drug-likeness (QED) is 0.304. The van der Waals surface area contributed by atoms with Crippen LogP contribution >= 0.6 is 0 Å². The summed E-state index contributed by atoms with van der Waals surface area (Å²) >= 11 is 0. The molecule has 5 nitrogen and oxygen atoms in total. The van der Waals surface area contributed by atoms with E-state index in [1.807, 2.05) is 24.3 Å². The van der Waals surface area contributed by atoms with Crippen LogP contribution in [0.1, 0.15) is 32.1 Å². The summed E-state index contributed by atoms with van der Waals surface area (Å²) in [5, 5.41) is 0.343. The molecule has 0 unspecified atom stereocenters. The lowest BCUT2D eigenvalue weighted by Gasteiger charge is -2.19. The Morgan fingerprint density at radius 2 is 1.71 bits per heavy atom. The van der Waals surface area contributed by atoms with E-state index in [-0.39, 0.29) is 16.9 Å². The van der Waals surface area contributed by atoms with E-state index in [1.165, 1.54) is 18.4 Å². The van der Waals surface area contributed by atoms with Crippen LogP contribution in [0.4, 0.5) is 0 Å². The summed E-state index contributed by atoms with van der Waals surface area (Å²) in [6.07, 6.45) is 4.19. The Kier molecular flexibility index (Phi) is 5.34. The standard InChI is InChI=1S/C26H22O5/c1-26(2,3)18-12-10-17(11-13-18)24-25(23(28)20-8-4-5-9-21(20)30-24)31-22(27)15-14-19-7-6-16-29-19/h4-16H,1-3H3/b15-14+. The highest BCUT2D eigenvalue weighted by molar-refractivity contribution is 5.90. The van der Waals surface area contributed by atoms with E-state index in [0.29, 0.717) is 22.3 Å². The summed E-state index contributed by atoms with van der Waals surface area (Å²) < 4.78 is 16.7. The molecule has 5 heteroatoms. The van der Waals surface area contributed by atoms with Gasteiger partial charge in [-0.15, -0.1) is 0 Å². The second-order valence-electron chi connectivity index (χ2n) is 8.18. The number of rotatable bonds is 4. The van der Waals surface area contributed by atoms with Gasteiger partial charge in [0.1, 0.15) is 11.3 Å². The van der Waals surface area contributed by atoms with E-state index in [4.69, 9.17) is 13.6 Å². The fourth-order valence-corrected chi connectivity index (χ4v) is 3.20. The van der Waals surface area contributed by atoms with Crippen LogP contribution < -0.4 is 10.2 Å². The van der Waals surface area contributed by atoms with E-state index in [2.05, 4.69) is 20.8 Å². The number of carbonyl (C=O) groups excluding carboxylic acids is 1. The Hall–Kier alpha value is -3.86. The minimum atomic E-state index is -0.702. The molecular formula is C26H22O5. The number of hydrogen-bond acceptors (Lipinski definition) is 5. The largest absolute Gasteiger partial charge is 0.465 e. The Bertz CT molecular complexity index is 1300. The SMILES string of the molecule is CC(C)(C)c1ccc(-c2oc3ccccc3c(=O)c2OC(=O)/C=C/c2ccco2)cc1. The minimum absolute atomic E-state index is 0.0192. The number of ether oxygens (including phenoxy) is 1. The third kappa shape index (κ3) is 4.36. The van der Waals surface area contributed by atoms with Crippen LogP contribution in [0.15, 0.2) is 86.6 Å². The van der Waals surface area contributed by atoms with Gasteiger partial charge in [0.2, 0.25) is 11.2 Å². The number of carbonyl (C=O) groups is 1. The van der Waals surface area contributed by atoms with E-state index in [0.717, 1.165) is 5.56 Å². The average molecular weight is 414 g/mol. The first-order valence-corrected chi connectivity index (χ1v) is 9.93. The molecular weight excluding hydrogens is 392 g/mol. The van der Waals surface area contributed by atoms with Gasteiger partial charge in [-0.3, -0.25) is 4.79 Å². The van der Waals surface area contributed by atoms with Gasteiger partial charge in [0, 0.05) is 11.6 Å².